The first-order chi connectivity index (χ1) is 16.1. The number of ether oxygens (including phenoxy) is 1. The summed E-state index contributed by atoms with van der Waals surface area (Å²) in [5.41, 5.74) is 2.13. The molecule has 2 aromatic carbocycles. The predicted molar refractivity (Wildman–Crippen MR) is 129 cm³/mol. The van der Waals surface area contributed by atoms with E-state index in [0.29, 0.717) is 16.5 Å². The van der Waals surface area contributed by atoms with Gasteiger partial charge in [-0.3, -0.25) is 14.4 Å². The van der Waals surface area contributed by atoms with Crippen molar-refractivity contribution >= 4 is 34.2 Å². The number of carbonyl (C=O) groups is 3. The van der Waals surface area contributed by atoms with Crippen LogP contribution < -0.4 is 16.2 Å². The van der Waals surface area contributed by atoms with E-state index in [4.69, 9.17) is 4.74 Å². The van der Waals surface area contributed by atoms with Crippen LogP contribution in [0.3, 0.4) is 0 Å². The predicted octanol–water partition coefficient (Wildman–Crippen LogP) is 2.89. The highest BCUT2D eigenvalue weighted by molar-refractivity contribution is 6.03. The molecular formula is C25H28N4O5. The number of carbonyl (C=O) groups excluding carboxylic acids is 3. The Balaban J connectivity index is 1.68. The lowest BCUT2D eigenvalue weighted by Gasteiger charge is -2.16. The van der Waals surface area contributed by atoms with Crippen LogP contribution in [0.2, 0.25) is 0 Å². The van der Waals surface area contributed by atoms with E-state index in [1.165, 1.54) is 11.6 Å². The maximum atomic E-state index is 12.9. The minimum absolute atomic E-state index is 0.0590. The Kier molecular flexibility index (Phi) is 7.45. The fourth-order valence-electron chi connectivity index (χ4n) is 3.48. The second-order valence-corrected chi connectivity index (χ2v) is 8.32. The van der Waals surface area contributed by atoms with Crippen molar-refractivity contribution in [1.29, 1.82) is 0 Å². The maximum absolute atomic E-state index is 12.9. The van der Waals surface area contributed by atoms with Gasteiger partial charge in [-0.2, -0.15) is 5.10 Å². The lowest BCUT2D eigenvalue weighted by Crippen LogP contribution is -2.40. The van der Waals surface area contributed by atoms with Gasteiger partial charge in [0.2, 0.25) is 5.91 Å². The van der Waals surface area contributed by atoms with Gasteiger partial charge in [-0.25, -0.2) is 9.48 Å². The molecule has 0 aliphatic carbocycles. The van der Waals surface area contributed by atoms with Crippen LogP contribution in [0.5, 0.6) is 0 Å². The third-order valence-corrected chi connectivity index (χ3v) is 5.33. The summed E-state index contributed by atoms with van der Waals surface area (Å²) in [5.74, 6) is -1.87. The molecule has 9 nitrogen and oxygen atoms in total. The van der Waals surface area contributed by atoms with Crippen LogP contribution in [-0.4, -0.2) is 40.2 Å². The van der Waals surface area contributed by atoms with Crippen LogP contribution in [0.25, 0.3) is 10.8 Å². The number of anilines is 1. The average molecular weight is 465 g/mol. The van der Waals surface area contributed by atoms with E-state index in [1.54, 1.807) is 38.1 Å². The molecule has 0 spiro atoms. The Morgan fingerprint density at radius 1 is 0.971 bits per heavy atom. The zero-order valence-electron chi connectivity index (χ0n) is 19.8. The number of fused-ring (bicyclic) bond motifs is 1. The van der Waals surface area contributed by atoms with Crippen LogP contribution in [0.4, 0.5) is 5.69 Å². The van der Waals surface area contributed by atoms with Crippen LogP contribution in [0, 0.1) is 13.8 Å². The van der Waals surface area contributed by atoms with Crippen molar-refractivity contribution in [2.24, 2.45) is 0 Å². The van der Waals surface area contributed by atoms with Gasteiger partial charge in [-0.1, -0.05) is 36.4 Å². The first-order valence-corrected chi connectivity index (χ1v) is 11.0. The van der Waals surface area contributed by atoms with Crippen molar-refractivity contribution in [3.8, 4) is 0 Å². The molecule has 34 heavy (non-hydrogen) atoms. The summed E-state index contributed by atoms with van der Waals surface area (Å²) in [7, 11) is 0. The van der Waals surface area contributed by atoms with E-state index in [0.717, 1.165) is 11.1 Å². The molecule has 3 rings (SSSR count). The molecule has 1 aromatic heterocycles. The summed E-state index contributed by atoms with van der Waals surface area (Å²) in [6, 6.07) is 12.0. The first-order valence-electron chi connectivity index (χ1n) is 11.0. The molecule has 0 saturated heterocycles. The molecule has 2 N–H and O–H groups in total. The number of benzene rings is 2. The van der Waals surface area contributed by atoms with Gasteiger partial charge in [0.25, 0.3) is 11.5 Å². The lowest BCUT2D eigenvalue weighted by atomic mass is 10.1. The summed E-state index contributed by atoms with van der Waals surface area (Å²) in [5, 5.41) is 10.1. The van der Waals surface area contributed by atoms with Gasteiger partial charge in [0.1, 0.15) is 0 Å². The highest BCUT2D eigenvalue weighted by atomic mass is 16.5. The summed E-state index contributed by atoms with van der Waals surface area (Å²) >= 11 is 0. The highest BCUT2D eigenvalue weighted by Gasteiger charge is 2.24. The molecule has 1 heterocycles. The second kappa shape index (κ2) is 10.3. The molecule has 0 aliphatic rings. The van der Waals surface area contributed by atoms with Crippen LogP contribution in [0.15, 0.2) is 47.3 Å². The minimum Gasteiger partial charge on any atom is -0.448 e. The number of nitrogens with one attached hydrogen (secondary N) is 2. The molecule has 1 atom stereocenters. The van der Waals surface area contributed by atoms with E-state index < -0.39 is 23.9 Å². The maximum Gasteiger partial charge on any atom is 0.360 e. The Morgan fingerprint density at radius 3 is 2.21 bits per heavy atom. The Hall–Kier alpha value is -4.01. The van der Waals surface area contributed by atoms with Gasteiger partial charge >= 0.3 is 5.97 Å². The second-order valence-electron chi connectivity index (χ2n) is 8.32. The van der Waals surface area contributed by atoms with Crippen LogP contribution in [0.1, 0.15) is 48.4 Å². The van der Waals surface area contributed by atoms with E-state index in [9.17, 15) is 19.2 Å². The van der Waals surface area contributed by atoms with Crippen molar-refractivity contribution in [2.45, 2.75) is 46.8 Å². The van der Waals surface area contributed by atoms with Crippen LogP contribution >= 0.6 is 0 Å². The van der Waals surface area contributed by atoms with Crippen molar-refractivity contribution in [3.05, 3.63) is 69.6 Å². The number of rotatable bonds is 7. The lowest BCUT2D eigenvalue weighted by molar-refractivity contribution is -0.130. The van der Waals surface area contributed by atoms with Gasteiger partial charge in [0.05, 0.1) is 18.0 Å². The quantitative estimate of drug-likeness (QED) is 0.519. The molecule has 0 fully saturated rings. The number of aryl methyl sites for hydroxylation is 2. The summed E-state index contributed by atoms with van der Waals surface area (Å²) in [6.45, 7) is 8.42. The van der Waals surface area contributed by atoms with E-state index in [-0.39, 0.29) is 23.8 Å². The van der Waals surface area contributed by atoms with Crippen molar-refractivity contribution in [1.82, 2.24) is 15.1 Å². The normalized spacial score (nSPS) is 11.8. The van der Waals surface area contributed by atoms with E-state index in [2.05, 4.69) is 15.7 Å². The molecule has 0 saturated carbocycles. The number of aromatic nitrogens is 2. The fourth-order valence-corrected chi connectivity index (χ4v) is 3.48. The molecule has 1 unspecified atom stereocenters. The van der Waals surface area contributed by atoms with Crippen molar-refractivity contribution in [2.75, 3.05) is 11.9 Å². The Morgan fingerprint density at radius 2 is 1.59 bits per heavy atom. The van der Waals surface area contributed by atoms with Crippen molar-refractivity contribution < 1.29 is 19.1 Å². The van der Waals surface area contributed by atoms with Crippen molar-refractivity contribution in [3.63, 3.8) is 0 Å². The standard InChI is InChI=1S/C25H28N4O5/c1-14(2)29-24(32)19-12-7-6-11-18(19)22(28-29)25(33)34-17(5)23(31)26-13-20(30)27-21-15(3)9-8-10-16(21)4/h6-12,14,17H,13H2,1-5H3,(H,26,31)(H,27,30). The van der Waals surface area contributed by atoms with Gasteiger partial charge in [-0.15, -0.1) is 0 Å². The zero-order chi connectivity index (χ0) is 25.0. The zero-order valence-corrected chi connectivity index (χ0v) is 19.8. The minimum atomic E-state index is -1.18. The number of hydrogen-bond acceptors (Lipinski definition) is 6. The average Bonchev–Trinajstić information content (AvgIpc) is 2.80. The summed E-state index contributed by atoms with van der Waals surface area (Å²) < 4.78 is 6.52. The Labute approximate surface area is 197 Å². The number of esters is 1. The molecule has 3 aromatic rings. The first kappa shape index (κ1) is 24.6. The summed E-state index contributed by atoms with van der Waals surface area (Å²) in [6.07, 6.45) is -1.18. The van der Waals surface area contributed by atoms with E-state index in [1.807, 2.05) is 32.0 Å². The molecular weight excluding hydrogens is 436 g/mol. The molecule has 178 valence electrons. The Bertz CT molecular complexity index is 1290. The smallest absolute Gasteiger partial charge is 0.360 e. The largest absolute Gasteiger partial charge is 0.448 e. The third kappa shape index (κ3) is 5.31. The van der Waals surface area contributed by atoms with Gasteiger partial charge in [0.15, 0.2) is 11.8 Å². The fraction of sp³-hybridized carbons (Fsp3) is 0.320. The monoisotopic (exact) mass is 464 g/mol. The molecule has 0 bridgehead atoms. The van der Waals surface area contributed by atoms with Gasteiger partial charge in [0, 0.05) is 11.1 Å². The number of hydrogen-bond donors (Lipinski definition) is 2. The highest BCUT2D eigenvalue weighted by Crippen LogP contribution is 2.19. The summed E-state index contributed by atoms with van der Waals surface area (Å²) in [4.78, 5) is 50.2. The topological polar surface area (TPSA) is 119 Å². The van der Waals surface area contributed by atoms with Gasteiger partial charge < -0.3 is 15.4 Å². The molecule has 0 aliphatic heterocycles. The van der Waals surface area contributed by atoms with E-state index >= 15 is 0 Å². The molecule has 0 radical (unpaired) electrons. The van der Waals surface area contributed by atoms with Crippen LogP contribution in [-0.2, 0) is 14.3 Å². The molecule has 2 amide bonds. The third-order valence-electron chi connectivity index (χ3n) is 5.33. The SMILES string of the molecule is Cc1cccc(C)c1NC(=O)CNC(=O)C(C)OC(=O)c1nn(C(C)C)c(=O)c2ccccc12. The molecule has 9 heteroatoms. The number of nitrogens with zero attached hydrogens (tertiary/aromatic N) is 2. The van der Waals surface area contributed by atoms with Gasteiger partial charge in [-0.05, 0) is 51.8 Å². The number of amides is 2. The number of para-hydroxylation sites is 1.